The van der Waals surface area contributed by atoms with Crippen LogP contribution < -0.4 is 0 Å². The molecule has 0 saturated carbocycles. The van der Waals surface area contributed by atoms with E-state index in [1.54, 1.807) is 19.2 Å². The standard InChI is InChI=1S/C13H13NO3/c1-4-8-11(15)12(16)9-7(2)5-6-14-10(9)13(8)17-3/h5-6H,4H2,1-3H3. The summed E-state index contributed by atoms with van der Waals surface area (Å²) in [5.41, 5.74) is 2.00. The van der Waals surface area contributed by atoms with Gasteiger partial charge in [-0.05, 0) is 25.0 Å². The first-order valence-corrected chi connectivity index (χ1v) is 5.44. The van der Waals surface area contributed by atoms with Gasteiger partial charge in [0.05, 0.1) is 12.7 Å². The van der Waals surface area contributed by atoms with Gasteiger partial charge in [0.25, 0.3) is 0 Å². The van der Waals surface area contributed by atoms with Crippen molar-refractivity contribution in [3.05, 3.63) is 34.7 Å². The summed E-state index contributed by atoms with van der Waals surface area (Å²) in [6.45, 7) is 3.61. The van der Waals surface area contributed by atoms with Gasteiger partial charge in [0, 0.05) is 11.8 Å². The Bertz CT molecular complexity index is 544. The highest BCUT2D eigenvalue weighted by molar-refractivity contribution is 6.52. The third-order valence-electron chi connectivity index (χ3n) is 2.91. The molecule has 0 saturated heterocycles. The molecule has 0 amide bonds. The Balaban J connectivity index is 2.80. The molecule has 4 nitrogen and oxygen atoms in total. The summed E-state index contributed by atoms with van der Waals surface area (Å²) in [4.78, 5) is 28.1. The van der Waals surface area contributed by atoms with Crippen LogP contribution in [0.15, 0.2) is 17.8 Å². The van der Waals surface area contributed by atoms with E-state index in [4.69, 9.17) is 4.74 Å². The topological polar surface area (TPSA) is 56.3 Å². The number of nitrogens with zero attached hydrogens (tertiary/aromatic N) is 1. The molecule has 17 heavy (non-hydrogen) atoms. The van der Waals surface area contributed by atoms with Crippen molar-refractivity contribution in [2.75, 3.05) is 7.11 Å². The summed E-state index contributed by atoms with van der Waals surface area (Å²) < 4.78 is 5.24. The van der Waals surface area contributed by atoms with Crippen molar-refractivity contribution in [1.82, 2.24) is 4.98 Å². The average molecular weight is 231 g/mol. The van der Waals surface area contributed by atoms with Crippen molar-refractivity contribution < 1.29 is 14.3 Å². The first kappa shape index (κ1) is 11.5. The minimum atomic E-state index is -0.483. The molecule has 0 fully saturated rings. The number of pyridine rings is 1. The number of rotatable bonds is 2. The van der Waals surface area contributed by atoms with Crippen LogP contribution in [-0.2, 0) is 9.53 Å². The number of ketones is 2. The van der Waals surface area contributed by atoms with Crippen molar-refractivity contribution in [1.29, 1.82) is 0 Å². The summed E-state index contributed by atoms with van der Waals surface area (Å²) in [5, 5.41) is 0. The minimum absolute atomic E-state index is 0.367. The summed E-state index contributed by atoms with van der Waals surface area (Å²) in [6, 6.07) is 1.72. The van der Waals surface area contributed by atoms with Gasteiger partial charge in [-0.2, -0.15) is 0 Å². The van der Waals surface area contributed by atoms with Gasteiger partial charge in [0.2, 0.25) is 11.6 Å². The number of ether oxygens (including phenoxy) is 1. The molecular weight excluding hydrogens is 218 g/mol. The van der Waals surface area contributed by atoms with Crippen LogP contribution in [-0.4, -0.2) is 23.7 Å². The maximum atomic E-state index is 12.0. The van der Waals surface area contributed by atoms with Crippen molar-refractivity contribution >= 4 is 17.3 Å². The van der Waals surface area contributed by atoms with Crippen LogP contribution in [0.3, 0.4) is 0 Å². The Morgan fingerprint density at radius 2 is 2.00 bits per heavy atom. The van der Waals surface area contributed by atoms with Crippen molar-refractivity contribution in [2.24, 2.45) is 0 Å². The fraction of sp³-hybridized carbons (Fsp3) is 0.308. The maximum Gasteiger partial charge on any atom is 0.235 e. The van der Waals surface area contributed by atoms with E-state index in [0.717, 1.165) is 5.56 Å². The average Bonchev–Trinajstić information content (AvgIpc) is 2.33. The van der Waals surface area contributed by atoms with E-state index in [-0.39, 0.29) is 0 Å². The third-order valence-corrected chi connectivity index (χ3v) is 2.91. The molecule has 2 rings (SSSR count). The van der Waals surface area contributed by atoms with E-state index >= 15 is 0 Å². The molecule has 0 aliphatic heterocycles. The summed E-state index contributed by atoms with van der Waals surface area (Å²) >= 11 is 0. The number of allylic oxidation sites excluding steroid dienone is 1. The van der Waals surface area contributed by atoms with Gasteiger partial charge in [-0.15, -0.1) is 0 Å². The van der Waals surface area contributed by atoms with E-state index in [1.807, 2.05) is 6.92 Å². The first-order valence-electron chi connectivity index (χ1n) is 5.44. The highest BCUT2D eigenvalue weighted by Gasteiger charge is 2.34. The highest BCUT2D eigenvalue weighted by atomic mass is 16.5. The number of aromatic nitrogens is 1. The van der Waals surface area contributed by atoms with Crippen LogP contribution in [0.1, 0.15) is 35.0 Å². The Morgan fingerprint density at radius 3 is 2.59 bits per heavy atom. The van der Waals surface area contributed by atoms with Crippen LogP contribution in [0.25, 0.3) is 5.76 Å². The normalized spacial score (nSPS) is 15.0. The molecule has 1 aliphatic rings. The van der Waals surface area contributed by atoms with E-state index in [0.29, 0.717) is 29.0 Å². The van der Waals surface area contributed by atoms with E-state index in [1.165, 1.54) is 7.11 Å². The summed E-state index contributed by atoms with van der Waals surface area (Å²) in [6.07, 6.45) is 2.08. The van der Waals surface area contributed by atoms with Crippen LogP contribution in [0.5, 0.6) is 0 Å². The second kappa shape index (κ2) is 4.13. The lowest BCUT2D eigenvalue weighted by atomic mass is 9.88. The van der Waals surface area contributed by atoms with Gasteiger partial charge in [-0.3, -0.25) is 14.6 Å². The third kappa shape index (κ3) is 1.56. The van der Waals surface area contributed by atoms with Gasteiger partial charge in [-0.25, -0.2) is 0 Å². The van der Waals surface area contributed by atoms with E-state index in [2.05, 4.69) is 4.98 Å². The molecule has 0 aromatic carbocycles. The van der Waals surface area contributed by atoms with Gasteiger partial charge < -0.3 is 4.74 Å². The van der Waals surface area contributed by atoms with Gasteiger partial charge in [0.1, 0.15) is 5.69 Å². The van der Waals surface area contributed by atoms with Crippen LogP contribution in [0.2, 0.25) is 0 Å². The molecule has 0 radical (unpaired) electrons. The highest BCUT2D eigenvalue weighted by Crippen LogP contribution is 2.31. The quantitative estimate of drug-likeness (QED) is 0.730. The number of carbonyl (C=O) groups excluding carboxylic acids is 2. The zero-order valence-electron chi connectivity index (χ0n) is 10.0. The van der Waals surface area contributed by atoms with E-state index in [9.17, 15) is 9.59 Å². The molecule has 1 aromatic heterocycles. The summed E-state index contributed by atoms with van der Waals surface area (Å²) in [7, 11) is 1.49. The monoisotopic (exact) mass is 231 g/mol. The Hall–Kier alpha value is -1.97. The molecule has 4 heteroatoms. The van der Waals surface area contributed by atoms with Gasteiger partial charge in [-0.1, -0.05) is 6.92 Å². The molecule has 0 atom stereocenters. The number of carbonyl (C=O) groups is 2. The molecule has 88 valence electrons. The maximum absolute atomic E-state index is 12.0. The largest absolute Gasteiger partial charge is 0.494 e. The molecule has 0 spiro atoms. The SMILES string of the molecule is CCC1=C(OC)c2nccc(C)c2C(=O)C1=O. The molecule has 0 unspecified atom stereocenters. The number of hydrogen-bond donors (Lipinski definition) is 0. The smallest absolute Gasteiger partial charge is 0.235 e. The predicted octanol–water partition coefficient (Wildman–Crippen LogP) is 1.92. The second-order valence-electron chi connectivity index (χ2n) is 3.88. The lowest BCUT2D eigenvalue weighted by Crippen LogP contribution is -2.26. The molecule has 0 bridgehead atoms. The number of methoxy groups -OCH3 is 1. The lowest BCUT2D eigenvalue weighted by Gasteiger charge is -2.19. The molecule has 1 aromatic rings. The zero-order valence-corrected chi connectivity index (χ0v) is 10.0. The van der Waals surface area contributed by atoms with Crippen molar-refractivity contribution in [3.8, 4) is 0 Å². The van der Waals surface area contributed by atoms with Crippen LogP contribution in [0.4, 0.5) is 0 Å². The van der Waals surface area contributed by atoms with Crippen molar-refractivity contribution in [2.45, 2.75) is 20.3 Å². The fourth-order valence-corrected chi connectivity index (χ4v) is 2.05. The van der Waals surface area contributed by atoms with E-state index < -0.39 is 11.6 Å². The summed E-state index contributed by atoms with van der Waals surface area (Å²) in [5.74, 6) is -0.535. The molecular formula is C13H13NO3. The lowest BCUT2D eigenvalue weighted by molar-refractivity contribution is -0.112. The number of hydrogen-bond acceptors (Lipinski definition) is 4. The Morgan fingerprint density at radius 1 is 1.29 bits per heavy atom. The van der Waals surface area contributed by atoms with Gasteiger partial charge >= 0.3 is 0 Å². The van der Waals surface area contributed by atoms with Gasteiger partial charge in [0.15, 0.2) is 5.76 Å². The Kier molecular flexibility index (Phi) is 2.79. The van der Waals surface area contributed by atoms with Crippen LogP contribution >= 0.6 is 0 Å². The van der Waals surface area contributed by atoms with Crippen molar-refractivity contribution in [3.63, 3.8) is 0 Å². The second-order valence-corrected chi connectivity index (χ2v) is 3.88. The minimum Gasteiger partial charge on any atom is -0.494 e. The predicted molar refractivity (Wildman–Crippen MR) is 62.5 cm³/mol. The fourth-order valence-electron chi connectivity index (χ4n) is 2.05. The molecule has 1 heterocycles. The molecule has 0 N–H and O–H groups in total. The number of aryl methyl sites for hydroxylation is 1. The Labute approximate surface area is 99.3 Å². The molecule has 1 aliphatic carbocycles. The zero-order chi connectivity index (χ0) is 12.6. The number of Topliss-reactive ketones (excluding diaryl/α,β-unsaturated/α-hetero) is 2. The van der Waals surface area contributed by atoms with Crippen LogP contribution in [0, 0.1) is 6.92 Å². The number of fused-ring (bicyclic) bond motifs is 1. The first-order chi connectivity index (χ1) is 8.11.